The van der Waals surface area contributed by atoms with Gasteiger partial charge in [0.05, 0.1) is 11.6 Å². The van der Waals surface area contributed by atoms with Gasteiger partial charge in [0.15, 0.2) is 0 Å². The van der Waals surface area contributed by atoms with Gasteiger partial charge in [0, 0.05) is 18.3 Å². The number of hydrogen-bond donors (Lipinski definition) is 1. The molecular formula is C21H24ClN3O. The van der Waals surface area contributed by atoms with Crippen LogP contribution in [0.2, 0.25) is 5.15 Å². The van der Waals surface area contributed by atoms with E-state index in [0.29, 0.717) is 5.56 Å². The number of rotatable bonds is 4. The van der Waals surface area contributed by atoms with E-state index in [1.807, 2.05) is 18.2 Å². The summed E-state index contributed by atoms with van der Waals surface area (Å²) in [5, 5.41) is 3.55. The Kier molecular flexibility index (Phi) is 4.72. The van der Waals surface area contributed by atoms with Crippen molar-refractivity contribution in [2.45, 2.75) is 37.3 Å². The minimum atomic E-state index is -0.160. The number of amides is 1. The van der Waals surface area contributed by atoms with Crippen LogP contribution in [-0.2, 0) is 0 Å². The van der Waals surface area contributed by atoms with Crippen LogP contribution in [0.15, 0.2) is 48.7 Å². The highest BCUT2D eigenvalue weighted by atomic mass is 35.5. The molecule has 1 saturated carbocycles. The number of carbonyl (C=O) groups excluding carboxylic acids is 1. The Balaban J connectivity index is 1.70. The first-order chi connectivity index (χ1) is 12.6. The van der Waals surface area contributed by atoms with Gasteiger partial charge in [0.1, 0.15) is 5.15 Å². The van der Waals surface area contributed by atoms with Gasteiger partial charge in [0.25, 0.3) is 5.91 Å². The number of pyridine rings is 1. The Bertz CT molecular complexity index is 787. The molecule has 1 unspecified atom stereocenters. The molecule has 0 spiro atoms. The highest BCUT2D eigenvalue weighted by Crippen LogP contribution is 2.49. The van der Waals surface area contributed by atoms with Gasteiger partial charge in [-0.3, -0.25) is 9.69 Å². The fourth-order valence-electron chi connectivity index (χ4n) is 4.76. The van der Waals surface area contributed by atoms with Crippen molar-refractivity contribution in [1.29, 1.82) is 0 Å². The molecule has 5 heteroatoms. The number of benzene rings is 1. The minimum Gasteiger partial charge on any atom is -0.343 e. The zero-order valence-electron chi connectivity index (χ0n) is 15.0. The lowest BCUT2D eigenvalue weighted by atomic mass is 9.66. The summed E-state index contributed by atoms with van der Waals surface area (Å²) in [5.41, 5.74) is 1.53. The predicted molar refractivity (Wildman–Crippen MR) is 103 cm³/mol. The lowest BCUT2D eigenvalue weighted by molar-refractivity contribution is -0.0404. The van der Waals surface area contributed by atoms with Crippen molar-refractivity contribution in [3.8, 4) is 0 Å². The smallest absolute Gasteiger partial charge is 0.254 e. The van der Waals surface area contributed by atoms with Gasteiger partial charge < -0.3 is 5.32 Å². The molecule has 2 bridgehead atoms. The van der Waals surface area contributed by atoms with Crippen LogP contribution in [-0.4, -0.2) is 34.9 Å². The third-order valence-electron chi connectivity index (χ3n) is 6.21. The van der Waals surface area contributed by atoms with Crippen molar-refractivity contribution < 1.29 is 4.79 Å². The number of piperidine rings is 2. The summed E-state index contributed by atoms with van der Waals surface area (Å²) < 4.78 is 0. The maximum absolute atomic E-state index is 13.0. The monoisotopic (exact) mass is 369 g/mol. The van der Waals surface area contributed by atoms with Crippen LogP contribution in [0.4, 0.5) is 0 Å². The van der Waals surface area contributed by atoms with Gasteiger partial charge in [-0.25, -0.2) is 4.98 Å². The molecular weight excluding hydrogens is 346 g/mol. The minimum absolute atomic E-state index is 0.0412. The number of halogens is 1. The Hall–Kier alpha value is -1.91. The number of nitrogens with one attached hydrogen (secondary N) is 1. The molecule has 1 aromatic heterocycles. The largest absolute Gasteiger partial charge is 0.343 e. The quantitative estimate of drug-likeness (QED) is 0.826. The van der Waals surface area contributed by atoms with Crippen molar-refractivity contribution in [2.24, 2.45) is 5.92 Å². The first-order valence-corrected chi connectivity index (χ1v) is 9.65. The van der Waals surface area contributed by atoms with Crippen LogP contribution in [0.3, 0.4) is 0 Å². The second kappa shape index (κ2) is 7.01. The standard InChI is InChI=1S/C21H24ClN3O/c1-25-14-15-9-11-21(25,12-10-15)18(16-6-3-2-4-7-16)24-20(26)17-8-5-13-23-19(17)22/h2-8,13,15,18H,9-12,14H2,1H3,(H,24,26). The maximum atomic E-state index is 13.0. The zero-order valence-corrected chi connectivity index (χ0v) is 15.7. The Morgan fingerprint density at radius 1 is 1.23 bits per heavy atom. The number of hydrogen-bond acceptors (Lipinski definition) is 3. The summed E-state index contributed by atoms with van der Waals surface area (Å²) in [7, 11) is 2.20. The molecule has 0 radical (unpaired) electrons. The number of nitrogens with zero attached hydrogens (tertiary/aromatic N) is 2. The summed E-state index contributed by atoms with van der Waals surface area (Å²) in [6.45, 7) is 1.10. The average Bonchev–Trinajstić information content (AvgIpc) is 2.68. The van der Waals surface area contributed by atoms with Gasteiger partial charge in [-0.05, 0) is 56.3 Å². The molecule has 1 aliphatic carbocycles. The first-order valence-electron chi connectivity index (χ1n) is 9.28. The van der Waals surface area contributed by atoms with Crippen molar-refractivity contribution >= 4 is 17.5 Å². The van der Waals surface area contributed by atoms with Crippen LogP contribution in [0.25, 0.3) is 0 Å². The molecule has 2 aliphatic heterocycles. The summed E-state index contributed by atoms with van der Waals surface area (Å²) in [4.78, 5) is 19.5. The molecule has 3 aliphatic rings. The van der Waals surface area contributed by atoms with Crippen molar-refractivity contribution in [1.82, 2.24) is 15.2 Å². The molecule has 136 valence electrons. The number of carbonyl (C=O) groups is 1. The lowest BCUT2D eigenvalue weighted by Gasteiger charge is -2.57. The van der Waals surface area contributed by atoms with Crippen LogP contribution in [0.5, 0.6) is 0 Å². The lowest BCUT2D eigenvalue weighted by Crippen LogP contribution is -2.62. The van der Waals surface area contributed by atoms with Crippen molar-refractivity contribution in [3.63, 3.8) is 0 Å². The van der Waals surface area contributed by atoms with E-state index in [0.717, 1.165) is 30.9 Å². The molecule has 2 saturated heterocycles. The van der Waals surface area contributed by atoms with Crippen LogP contribution >= 0.6 is 11.6 Å². The maximum Gasteiger partial charge on any atom is 0.254 e. The molecule has 1 amide bonds. The van der Waals surface area contributed by atoms with Gasteiger partial charge in [-0.2, -0.15) is 0 Å². The number of fused-ring (bicyclic) bond motifs is 3. The van der Waals surface area contributed by atoms with Crippen LogP contribution in [0.1, 0.15) is 47.6 Å². The SMILES string of the molecule is CN1CC2CCC1(C(NC(=O)c1cccnc1Cl)c1ccccc1)CC2. The van der Waals surface area contributed by atoms with E-state index in [-0.39, 0.29) is 22.6 Å². The molecule has 26 heavy (non-hydrogen) atoms. The Morgan fingerprint density at radius 2 is 1.96 bits per heavy atom. The zero-order chi connectivity index (χ0) is 18.1. The number of likely N-dealkylation sites (N-methyl/N-ethyl adjacent to an activating group) is 1. The van der Waals surface area contributed by atoms with Gasteiger partial charge >= 0.3 is 0 Å². The summed E-state index contributed by atoms with van der Waals surface area (Å²) in [6, 6.07) is 13.7. The third-order valence-corrected chi connectivity index (χ3v) is 6.51. The molecule has 2 aromatic rings. The van der Waals surface area contributed by atoms with Gasteiger partial charge in [-0.15, -0.1) is 0 Å². The summed E-state index contributed by atoms with van der Waals surface area (Å²) in [6.07, 6.45) is 6.28. The third kappa shape index (κ3) is 3.01. The van der Waals surface area contributed by atoms with Gasteiger partial charge in [-0.1, -0.05) is 41.9 Å². The first kappa shape index (κ1) is 17.5. The molecule has 1 N–H and O–H groups in total. The predicted octanol–water partition coefficient (Wildman–Crippen LogP) is 4.08. The molecule has 5 rings (SSSR count). The van der Waals surface area contributed by atoms with E-state index in [2.05, 4.69) is 34.4 Å². The van der Waals surface area contributed by atoms with E-state index in [1.165, 1.54) is 12.8 Å². The second-order valence-corrected chi connectivity index (χ2v) is 7.94. The fourth-order valence-corrected chi connectivity index (χ4v) is 4.96. The normalized spacial score (nSPS) is 26.5. The molecule has 3 heterocycles. The van der Waals surface area contributed by atoms with Gasteiger partial charge in [0.2, 0.25) is 0 Å². The summed E-state index contributed by atoms with van der Waals surface area (Å²) in [5.74, 6) is 0.634. The highest BCUT2D eigenvalue weighted by molar-refractivity contribution is 6.32. The number of aromatic nitrogens is 1. The van der Waals surface area contributed by atoms with E-state index in [1.54, 1.807) is 18.3 Å². The van der Waals surface area contributed by atoms with E-state index in [9.17, 15) is 4.79 Å². The molecule has 3 fully saturated rings. The van der Waals surface area contributed by atoms with Crippen LogP contribution in [0, 0.1) is 5.92 Å². The highest BCUT2D eigenvalue weighted by Gasteiger charge is 2.50. The van der Waals surface area contributed by atoms with E-state index < -0.39 is 0 Å². The second-order valence-electron chi connectivity index (χ2n) is 7.59. The van der Waals surface area contributed by atoms with E-state index >= 15 is 0 Å². The molecule has 4 nitrogen and oxygen atoms in total. The molecule has 1 atom stereocenters. The summed E-state index contributed by atoms with van der Waals surface area (Å²) >= 11 is 6.16. The molecule has 1 aromatic carbocycles. The Labute approximate surface area is 159 Å². The average molecular weight is 370 g/mol. The topological polar surface area (TPSA) is 45.2 Å². The van der Waals surface area contributed by atoms with Crippen LogP contribution < -0.4 is 5.32 Å². The Morgan fingerprint density at radius 3 is 2.62 bits per heavy atom. The van der Waals surface area contributed by atoms with E-state index in [4.69, 9.17) is 11.6 Å². The van der Waals surface area contributed by atoms with Crippen molar-refractivity contribution in [2.75, 3.05) is 13.6 Å². The fraction of sp³-hybridized carbons (Fsp3) is 0.429. The van der Waals surface area contributed by atoms with Crippen molar-refractivity contribution in [3.05, 3.63) is 64.9 Å².